The lowest BCUT2D eigenvalue weighted by Gasteiger charge is -2.13. The van der Waals surface area contributed by atoms with Crippen LogP contribution in [0.5, 0.6) is 0 Å². The fourth-order valence-electron chi connectivity index (χ4n) is 1.70. The van der Waals surface area contributed by atoms with Gasteiger partial charge in [-0.05, 0) is 5.92 Å². The van der Waals surface area contributed by atoms with Crippen molar-refractivity contribution in [2.75, 3.05) is 18.9 Å². The Kier molecular flexibility index (Phi) is 2.86. The molecule has 2 rings (SSSR count). The lowest BCUT2D eigenvalue weighted by atomic mass is 10.2. The molecular formula is C9H14N4OS. The van der Waals surface area contributed by atoms with Crippen LogP contribution in [0.2, 0.25) is 0 Å². The highest BCUT2D eigenvalue weighted by molar-refractivity contribution is 7.15. The van der Waals surface area contributed by atoms with Crippen molar-refractivity contribution in [1.29, 1.82) is 0 Å². The molecule has 1 unspecified atom stereocenters. The van der Waals surface area contributed by atoms with Crippen molar-refractivity contribution >= 4 is 22.4 Å². The minimum Gasteiger partial charge on any atom is -0.363 e. The zero-order chi connectivity index (χ0) is 10.8. The molecule has 1 N–H and O–H groups in total. The fourth-order valence-corrected chi connectivity index (χ4v) is 2.41. The molecule has 0 saturated carbocycles. The van der Waals surface area contributed by atoms with Crippen LogP contribution in [0, 0.1) is 5.92 Å². The molecule has 5 nitrogen and oxygen atoms in total. The number of aromatic nitrogens is 2. The summed E-state index contributed by atoms with van der Waals surface area (Å²) in [6, 6.07) is 0. The minimum absolute atomic E-state index is 0.226. The molecule has 2 heterocycles. The molecule has 1 amide bonds. The third kappa shape index (κ3) is 2.26. The molecule has 1 aromatic rings. The van der Waals surface area contributed by atoms with Crippen molar-refractivity contribution in [2.24, 2.45) is 5.92 Å². The van der Waals surface area contributed by atoms with E-state index in [9.17, 15) is 4.79 Å². The Balaban J connectivity index is 1.99. The van der Waals surface area contributed by atoms with E-state index in [1.807, 2.05) is 11.9 Å². The van der Waals surface area contributed by atoms with E-state index in [-0.39, 0.29) is 5.91 Å². The van der Waals surface area contributed by atoms with Crippen LogP contribution in [0.1, 0.15) is 18.4 Å². The van der Waals surface area contributed by atoms with Crippen molar-refractivity contribution in [3.8, 4) is 0 Å². The number of nitrogens with zero attached hydrogens (tertiary/aromatic N) is 3. The maximum absolute atomic E-state index is 11.5. The first-order valence-corrected chi connectivity index (χ1v) is 5.78. The predicted molar refractivity (Wildman–Crippen MR) is 58.7 cm³/mol. The summed E-state index contributed by atoms with van der Waals surface area (Å²) in [7, 11) is 1.81. The molecular weight excluding hydrogens is 212 g/mol. The lowest BCUT2D eigenvalue weighted by molar-refractivity contribution is -0.128. The standard InChI is InChI=1S/C9H14N4OS/c1-6-3-8(14)13(4-6)5-7-11-12-9(10-2)15-7/h6H,3-5H2,1-2H3,(H,10,12). The number of nitrogens with one attached hydrogen (secondary N) is 1. The molecule has 0 spiro atoms. The van der Waals surface area contributed by atoms with Gasteiger partial charge in [-0.2, -0.15) is 0 Å². The topological polar surface area (TPSA) is 58.1 Å². The van der Waals surface area contributed by atoms with E-state index in [1.165, 1.54) is 11.3 Å². The number of hydrogen-bond acceptors (Lipinski definition) is 5. The van der Waals surface area contributed by atoms with E-state index < -0.39 is 0 Å². The third-order valence-corrected chi connectivity index (χ3v) is 3.34. The van der Waals surface area contributed by atoms with Crippen molar-refractivity contribution in [2.45, 2.75) is 19.9 Å². The molecule has 6 heteroatoms. The normalized spacial score (nSPS) is 21.1. The van der Waals surface area contributed by atoms with Gasteiger partial charge in [0.2, 0.25) is 11.0 Å². The zero-order valence-electron chi connectivity index (χ0n) is 8.86. The van der Waals surface area contributed by atoms with Gasteiger partial charge in [0.15, 0.2) is 0 Å². The molecule has 0 bridgehead atoms. The van der Waals surface area contributed by atoms with Crippen LogP contribution in [0.4, 0.5) is 5.13 Å². The van der Waals surface area contributed by atoms with Crippen LogP contribution in [-0.4, -0.2) is 34.6 Å². The molecule has 1 aliphatic rings. The summed E-state index contributed by atoms with van der Waals surface area (Å²) < 4.78 is 0. The first kappa shape index (κ1) is 10.4. The molecule has 15 heavy (non-hydrogen) atoms. The number of likely N-dealkylation sites (tertiary alicyclic amines) is 1. The van der Waals surface area contributed by atoms with Gasteiger partial charge >= 0.3 is 0 Å². The molecule has 1 atom stereocenters. The Morgan fingerprint density at radius 2 is 2.40 bits per heavy atom. The number of anilines is 1. The summed E-state index contributed by atoms with van der Waals surface area (Å²) >= 11 is 1.50. The SMILES string of the molecule is CNc1nnc(CN2CC(C)CC2=O)s1. The fraction of sp³-hybridized carbons (Fsp3) is 0.667. The van der Waals surface area contributed by atoms with Gasteiger partial charge in [-0.15, -0.1) is 10.2 Å². The summed E-state index contributed by atoms with van der Waals surface area (Å²) in [6.07, 6.45) is 0.664. The summed E-state index contributed by atoms with van der Waals surface area (Å²) in [4.78, 5) is 13.4. The van der Waals surface area contributed by atoms with Crippen LogP contribution in [0.25, 0.3) is 0 Å². The Labute approximate surface area is 92.5 Å². The van der Waals surface area contributed by atoms with E-state index in [1.54, 1.807) is 0 Å². The number of amides is 1. The molecule has 0 aromatic carbocycles. The van der Waals surface area contributed by atoms with Crippen molar-refractivity contribution in [1.82, 2.24) is 15.1 Å². The number of rotatable bonds is 3. The average Bonchev–Trinajstić information content (AvgIpc) is 2.75. The first-order chi connectivity index (χ1) is 7.19. The summed E-state index contributed by atoms with van der Waals surface area (Å²) in [6.45, 7) is 3.53. The van der Waals surface area contributed by atoms with E-state index in [0.29, 0.717) is 18.9 Å². The number of carbonyl (C=O) groups is 1. The maximum Gasteiger partial charge on any atom is 0.223 e. The second-order valence-electron chi connectivity index (χ2n) is 3.83. The Hall–Kier alpha value is -1.17. The second-order valence-corrected chi connectivity index (χ2v) is 4.90. The Morgan fingerprint density at radius 1 is 1.60 bits per heavy atom. The Morgan fingerprint density at radius 3 is 2.93 bits per heavy atom. The molecule has 1 saturated heterocycles. The van der Waals surface area contributed by atoms with Gasteiger partial charge in [-0.1, -0.05) is 18.3 Å². The summed E-state index contributed by atoms with van der Waals surface area (Å²) in [5.74, 6) is 0.692. The van der Waals surface area contributed by atoms with E-state index in [2.05, 4.69) is 22.4 Å². The molecule has 0 radical (unpaired) electrons. The first-order valence-electron chi connectivity index (χ1n) is 4.97. The second kappa shape index (κ2) is 4.14. The quantitative estimate of drug-likeness (QED) is 0.833. The van der Waals surface area contributed by atoms with Gasteiger partial charge in [-0.25, -0.2) is 0 Å². The predicted octanol–water partition coefficient (Wildman–Crippen LogP) is 0.948. The smallest absolute Gasteiger partial charge is 0.223 e. The Bertz CT molecular complexity index is 365. The van der Waals surface area contributed by atoms with Crippen LogP contribution < -0.4 is 5.32 Å². The van der Waals surface area contributed by atoms with Crippen LogP contribution in [0.15, 0.2) is 0 Å². The van der Waals surface area contributed by atoms with Gasteiger partial charge in [0.25, 0.3) is 0 Å². The van der Waals surface area contributed by atoms with Gasteiger partial charge in [0, 0.05) is 20.0 Å². The molecule has 1 fully saturated rings. The molecule has 1 aromatic heterocycles. The molecule has 82 valence electrons. The molecule has 1 aliphatic heterocycles. The van der Waals surface area contributed by atoms with Gasteiger partial charge in [0.1, 0.15) is 5.01 Å². The third-order valence-electron chi connectivity index (χ3n) is 2.41. The number of hydrogen-bond donors (Lipinski definition) is 1. The van der Waals surface area contributed by atoms with E-state index >= 15 is 0 Å². The van der Waals surface area contributed by atoms with Crippen molar-refractivity contribution in [3.63, 3.8) is 0 Å². The van der Waals surface area contributed by atoms with Crippen LogP contribution >= 0.6 is 11.3 Å². The highest BCUT2D eigenvalue weighted by Crippen LogP contribution is 2.22. The monoisotopic (exact) mass is 226 g/mol. The largest absolute Gasteiger partial charge is 0.363 e. The summed E-state index contributed by atoms with van der Waals surface area (Å²) in [5, 5.41) is 12.6. The average molecular weight is 226 g/mol. The highest BCUT2D eigenvalue weighted by Gasteiger charge is 2.27. The van der Waals surface area contributed by atoms with Crippen LogP contribution in [-0.2, 0) is 11.3 Å². The summed E-state index contributed by atoms with van der Waals surface area (Å²) in [5.41, 5.74) is 0. The van der Waals surface area contributed by atoms with E-state index in [0.717, 1.165) is 16.7 Å². The van der Waals surface area contributed by atoms with Crippen LogP contribution in [0.3, 0.4) is 0 Å². The van der Waals surface area contributed by atoms with Gasteiger partial charge < -0.3 is 10.2 Å². The molecule has 0 aliphatic carbocycles. The van der Waals surface area contributed by atoms with E-state index in [4.69, 9.17) is 0 Å². The number of carbonyl (C=O) groups excluding carboxylic acids is 1. The maximum atomic E-state index is 11.5. The van der Waals surface area contributed by atoms with Crippen molar-refractivity contribution < 1.29 is 4.79 Å². The van der Waals surface area contributed by atoms with Gasteiger partial charge in [0.05, 0.1) is 6.54 Å². The van der Waals surface area contributed by atoms with Crippen molar-refractivity contribution in [3.05, 3.63) is 5.01 Å². The lowest BCUT2D eigenvalue weighted by Crippen LogP contribution is -2.24. The zero-order valence-corrected chi connectivity index (χ0v) is 9.67. The highest BCUT2D eigenvalue weighted by atomic mass is 32.1. The minimum atomic E-state index is 0.226. The van der Waals surface area contributed by atoms with Gasteiger partial charge in [-0.3, -0.25) is 4.79 Å².